The number of amides is 5. The molecule has 0 radical (unpaired) electrons. The monoisotopic (exact) mass is 1840 g/mol. The van der Waals surface area contributed by atoms with Gasteiger partial charge in [-0.2, -0.15) is 4.74 Å². The number of hydrogen-bond donors (Lipinski definition) is 10. The summed E-state index contributed by atoms with van der Waals surface area (Å²) in [4.78, 5) is 81.9. The number of carbonyl (C=O) groups is 5. The van der Waals surface area contributed by atoms with Gasteiger partial charge in [0.05, 0.1) is 16.8 Å². The van der Waals surface area contributed by atoms with E-state index in [1.54, 1.807) is 108 Å². The molecule has 17 rings (SSSR count). The molecule has 5 saturated heterocycles. The average Bonchev–Trinajstić information content (AvgIpc) is 0.799. The van der Waals surface area contributed by atoms with Gasteiger partial charge in [0.25, 0.3) is 35.2 Å². The third-order valence-corrected chi connectivity index (χ3v) is 25.2. The summed E-state index contributed by atoms with van der Waals surface area (Å²) in [5, 5.41) is 62.2. The van der Waals surface area contributed by atoms with Gasteiger partial charge in [-0.15, -0.1) is 0 Å². The van der Waals surface area contributed by atoms with Crippen molar-refractivity contribution in [3.63, 3.8) is 0 Å². The quantitative estimate of drug-likeness (QED) is 0.00601. The second kappa shape index (κ2) is 50.1. The van der Waals surface area contributed by atoms with Gasteiger partial charge in [0.15, 0.2) is 6.72 Å². The molecule has 12 aromatic carbocycles. The van der Waals surface area contributed by atoms with Crippen LogP contribution in [-0.4, -0.2) is 247 Å². The van der Waals surface area contributed by atoms with E-state index >= 15 is 0 Å². The molecule has 30 heteroatoms. The number of carbonyl (C=O) groups excluding carboxylic acids is 5. The highest BCUT2D eigenvalue weighted by atomic mass is 19.1. The van der Waals surface area contributed by atoms with Gasteiger partial charge in [0, 0.05) is 232 Å². The highest BCUT2D eigenvalue weighted by Gasteiger charge is 2.31. The normalized spacial score (nSPS) is 14.9. The SMILES string of the molecule is C=[N+](O)c1cccc(C(=O)NO)c1N1CCN(Cc2ccccc2)CC1.C=[N+]([O-])c1ccc(N2CCN(CCCC(c3ccc(F)cc3)c3ccc(F)cc3)CC2)c(C(=O)NO)c1.CNC(=O)c1ccc(CN2CCN(c3cccc4ccccc34)CC2)cc1.O=C(NO)c1ccc(N2CCN(Cc3ccccc3)CC2)cc1.O=C(NO)c1ccc(N2CCN(Cc3ccccc3)CC2)cc1. The van der Waals surface area contributed by atoms with E-state index in [1.165, 1.54) is 69.0 Å². The molecule has 0 spiro atoms. The van der Waals surface area contributed by atoms with Crippen molar-refractivity contribution in [1.82, 2.24) is 51.7 Å². The third-order valence-electron chi connectivity index (χ3n) is 25.2. The second-order valence-electron chi connectivity index (χ2n) is 33.9. The van der Waals surface area contributed by atoms with Crippen molar-refractivity contribution < 1.29 is 68.3 Å². The molecule has 5 amide bonds. The van der Waals surface area contributed by atoms with Crippen molar-refractivity contribution >= 4 is 93.6 Å². The van der Waals surface area contributed by atoms with Gasteiger partial charge in [0.2, 0.25) is 5.69 Å². The summed E-state index contributed by atoms with van der Waals surface area (Å²) >= 11 is 0. The zero-order valence-corrected chi connectivity index (χ0v) is 76.6. The Bertz CT molecular complexity index is 5700. The van der Waals surface area contributed by atoms with Crippen molar-refractivity contribution in [1.29, 1.82) is 0 Å². The van der Waals surface area contributed by atoms with Crippen LogP contribution >= 0.6 is 0 Å². The molecule has 10 N–H and O–H groups in total. The van der Waals surface area contributed by atoms with Crippen LogP contribution in [0.5, 0.6) is 0 Å². The molecule has 5 aliphatic rings. The first-order valence-corrected chi connectivity index (χ1v) is 45.8. The second-order valence-corrected chi connectivity index (χ2v) is 33.9. The van der Waals surface area contributed by atoms with Crippen LogP contribution in [0, 0.1) is 16.8 Å². The first kappa shape index (κ1) is 99.2. The lowest BCUT2D eigenvalue weighted by Gasteiger charge is -2.37. The maximum Gasteiger partial charge on any atom is 0.280 e. The van der Waals surface area contributed by atoms with Crippen molar-refractivity contribution in [3.05, 3.63) is 369 Å². The summed E-state index contributed by atoms with van der Waals surface area (Å²) in [6.07, 6.45) is 1.73. The minimum Gasteiger partial charge on any atom is -0.619 e. The number of halogens is 2. The highest BCUT2D eigenvalue weighted by Crippen LogP contribution is 2.36. The van der Waals surface area contributed by atoms with E-state index in [9.17, 15) is 43.2 Å². The van der Waals surface area contributed by atoms with Crippen LogP contribution in [0.2, 0.25) is 0 Å². The molecule has 136 heavy (non-hydrogen) atoms. The molecule has 0 saturated carbocycles. The van der Waals surface area contributed by atoms with Gasteiger partial charge < -0.3 is 35.0 Å². The average molecular weight is 1850 g/mol. The Kier molecular flexibility index (Phi) is 36.6. The number of hydrogen-bond acceptors (Lipinski definition) is 21. The van der Waals surface area contributed by atoms with E-state index in [2.05, 4.69) is 178 Å². The number of hydroxylamine groups is 4. The Morgan fingerprint density at radius 2 is 0.735 bits per heavy atom. The topological polar surface area (TPSA) is 308 Å². The molecule has 708 valence electrons. The van der Waals surface area contributed by atoms with E-state index in [0.717, 1.165) is 178 Å². The number of nitrogens with zero attached hydrogens (tertiary/aromatic N) is 12. The van der Waals surface area contributed by atoms with Crippen LogP contribution in [0.25, 0.3) is 10.8 Å². The standard InChI is InChI=1S/C28H30F2N4O3.C23H25N3O.C19H22N4O3.2C18H21N3O2/c1-32(37)24-12-13-27(26(19-24)28(35)31-36)34-17-15-33(16-18-34)14-2-3-25(20-4-8-22(29)9-5-20)21-6-10-23(30)11-7-21;1-24-23(27)20-11-9-18(10-12-20)17-25-13-15-26(16-14-25)22-8-4-6-19-5-2-3-7-21(19)22;1-21(26)17-9-5-8-16(19(24)20-25)18(17)23-12-10-22(11-13-23)14-15-6-3-2-4-7-15;2*22-18(19-23)16-6-8-17(9-7-16)21-12-10-20(11-13-21)14-15-4-2-1-3-5-15/h4-13,19,25,36H,1-3,14-18H2,(H,31,35);2-12H,13-17H2,1H3,(H,24,27);2-9H,1,10-14H2,(H2-,20,24,25,26);2*1-9,23H,10-14H2,(H,19,22)/p+1. The zero-order valence-electron chi connectivity index (χ0n) is 76.6. The van der Waals surface area contributed by atoms with E-state index in [-0.39, 0.29) is 34.7 Å². The number of para-hydroxylation sites is 1. The lowest BCUT2D eigenvalue weighted by atomic mass is 9.87. The van der Waals surface area contributed by atoms with E-state index in [0.29, 0.717) is 70.2 Å². The van der Waals surface area contributed by atoms with Gasteiger partial charge in [0.1, 0.15) is 24.0 Å². The van der Waals surface area contributed by atoms with Crippen LogP contribution in [0.3, 0.4) is 0 Å². The van der Waals surface area contributed by atoms with Crippen LogP contribution in [0.1, 0.15) is 104 Å². The molecule has 0 bridgehead atoms. The van der Waals surface area contributed by atoms with E-state index in [1.807, 2.05) is 71.6 Å². The highest BCUT2D eigenvalue weighted by molar-refractivity contribution is 6.02. The maximum absolute atomic E-state index is 13.5. The van der Waals surface area contributed by atoms with Gasteiger partial charge in [-0.25, -0.2) is 30.7 Å². The Morgan fingerprint density at radius 3 is 1.16 bits per heavy atom. The summed E-state index contributed by atoms with van der Waals surface area (Å²) < 4.78 is 28.1. The zero-order chi connectivity index (χ0) is 95.7. The fourth-order valence-electron chi connectivity index (χ4n) is 17.7. The van der Waals surface area contributed by atoms with Crippen molar-refractivity contribution in [2.45, 2.75) is 44.9 Å². The number of fused-ring (bicyclic) bond motifs is 1. The number of anilines is 5. The predicted molar refractivity (Wildman–Crippen MR) is 528 cm³/mol. The Morgan fingerprint density at radius 1 is 0.368 bits per heavy atom. The van der Waals surface area contributed by atoms with Gasteiger partial charge in [-0.1, -0.05) is 170 Å². The molecule has 0 atom stereocenters. The van der Waals surface area contributed by atoms with Crippen molar-refractivity contribution in [2.24, 2.45) is 0 Å². The van der Waals surface area contributed by atoms with Gasteiger partial charge >= 0.3 is 0 Å². The number of nitrogens with one attached hydrogen (secondary N) is 5. The Labute approximate surface area is 792 Å². The molecule has 0 aliphatic carbocycles. The number of piperazine rings is 5. The van der Waals surface area contributed by atoms with Crippen molar-refractivity contribution in [3.8, 4) is 0 Å². The predicted octanol–water partition coefficient (Wildman–Crippen LogP) is 14.3. The summed E-state index contributed by atoms with van der Waals surface area (Å²) in [5.74, 6) is -2.84. The maximum atomic E-state index is 13.5. The van der Waals surface area contributed by atoms with Crippen molar-refractivity contribution in [2.75, 3.05) is 169 Å². The number of rotatable bonds is 26. The Hall–Kier alpha value is -14.3. The molecule has 0 unspecified atom stereocenters. The smallest absolute Gasteiger partial charge is 0.280 e. The molecule has 28 nitrogen and oxygen atoms in total. The first-order valence-electron chi connectivity index (χ1n) is 45.8. The minimum absolute atomic E-state index is 0.0363. The summed E-state index contributed by atoms with van der Waals surface area (Å²) in [7, 11) is 1.66. The molecule has 5 aliphatic heterocycles. The third kappa shape index (κ3) is 27.9. The molecule has 12 aromatic rings. The Balaban J connectivity index is 0.000000145. The van der Waals surface area contributed by atoms with E-state index in [4.69, 9.17) is 20.8 Å². The summed E-state index contributed by atoms with van der Waals surface area (Å²) in [5.41, 5.74) is 21.4. The molecular formula is C106H120F2N17O11+. The molecule has 0 aromatic heterocycles. The molecule has 5 heterocycles. The van der Waals surface area contributed by atoms with Crippen LogP contribution in [0.15, 0.2) is 291 Å². The van der Waals surface area contributed by atoms with E-state index < -0.39 is 23.6 Å². The fraction of sp³-hybridized carbons (Fsp3) is 0.274. The largest absolute Gasteiger partial charge is 0.619 e. The van der Waals surface area contributed by atoms with Gasteiger partial charge in [-0.3, -0.25) is 74.5 Å². The molecule has 5 fully saturated rings. The lowest BCUT2D eigenvalue weighted by Crippen LogP contribution is -2.47. The van der Waals surface area contributed by atoms with Crippen LogP contribution in [0.4, 0.5) is 48.6 Å². The van der Waals surface area contributed by atoms with Gasteiger partial charge in [-0.05, 0) is 161 Å². The van der Waals surface area contributed by atoms with Crippen LogP contribution < -0.4 is 51.7 Å². The first-order chi connectivity index (χ1) is 66.2. The molecular weight excluding hydrogens is 1730 g/mol. The summed E-state index contributed by atoms with van der Waals surface area (Å²) in [6, 6.07) is 91.7. The fourth-order valence-corrected chi connectivity index (χ4v) is 17.7. The lowest BCUT2D eigenvalue weighted by molar-refractivity contribution is -0.706. The summed E-state index contributed by atoms with van der Waals surface area (Å²) in [6.45, 7) is 29.5. The minimum atomic E-state index is -0.686. The number of benzene rings is 12. The van der Waals surface area contributed by atoms with Crippen LogP contribution in [-0.2, 0) is 26.2 Å².